The lowest BCUT2D eigenvalue weighted by atomic mass is 9.77. The molecule has 0 bridgehead atoms. The molecule has 0 aliphatic heterocycles. The second kappa shape index (κ2) is 9.78. The molecule has 0 amide bonds. The highest BCUT2D eigenvalue weighted by Gasteiger charge is 2.26. The quantitative estimate of drug-likeness (QED) is 0.462. The number of nitrogens with zero attached hydrogens (tertiary/aromatic N) is 1. The van der Waals surface area contributed by atoms with Gasteiger partial charge in [-0.15, -0.1) is 0 Å². The zero-order valence-corrected chi connectivity index (χ0v) is 15.4. The van der Waals surface area contributed by atoms with Crippen molar-refractivity contribution in [3.8, 4) is 0 Å². The molecule has 0 saturated heterocycles. The van der Waals surface area contributed by atoms with Gasteiger partial charge in [-0.2, -0.15) is 12.6 Å². The molecule has 2 unspecified atom stereocenters. The average Bonchev–Trinajstić information content (AvgIpc) is 2.52. The van der Waals surface area contributed by atoms with Gasteiger partial charge in [0.05, 0.1) is 0 Å². The zero-order valence-electron chi connectivity index (χ0n) is 14.5. The maximum Gasteiger partial charge on any atom is 0.0269 e. The van der Waals surface area contributed by atoms with Crippen LogP contribution in [-0.4, -0.2) is 24.7 Å². The van der Waals surface area contributed by atoms with Crippen molar-refractivity contribution in [2.24, 2.45) is 11.8 Å². The van der Waals surface area contributed by atoms with Crippen molar-refractivity contribution in [3.05, 3.63) is 59.9 Å². The summed E-state index contributed by atoms with van der Waals surface area (Å²) in [6.07, 6.45) is 16.8. The maximum atomic E-state index is 4.45. The molecule has 0 aromatic carbocycles. The standard InChI is InChI=1S/C20H31NS/c1-6-10-17(14-15-22)19(11-7-2)20-13-9-8-12-18(20)16(3)21(4)5/h8-13,18,20,22H,3,6-7,14-15H2,1-2,4-5H3/b17-10-,19-11+. The van der Waals surface area contributed by atoms with E-state index in [2.05, 4.69) is 88.5 Å². The summed E-state index contributed by atoms with van der Waals surface area (Å²) in [5.74, 6) is 1.59. The lowest BCUT2D eigenvalue weighted by Gasteiger charge is -2.32. The van der Waals surface area contributed by atoms with Gasteiger partial charge in [0, 0.05) is 31.6 Å². The van der Waals surface area contributed by atoms with Gasteiger partial charge in [-0.25, -0.2) is 0 Å². The predicted octanol–water partition coefficient (Wildman–Crippen LogP) is 5.41. The molecule has 22 heavy (non-hydrogen) atoms. The van der Waals surface area contributed by atoms with Gasteiger partial charge in [-0.3, -0.25) is 0 Å². The van der Waals surface area contributed by atoms with Gasteiger partial charge in [0.25, 0.3) is 0 Å². The van der Waals surface area contributed by atoms with E-state index in [1.54, 1.807) is 0 Å². The van der Waals surface area contributed by atoms with E-state index in [4.69, 9.17) is 0 Å². The zero-order chi connectivity index (χ0) is 16.5. The molecule has 122 valence electrons. The van der Waals surface area contributed by atoms with Gasteiger partial charge in [0.15, 0.2) is 0 Å². The van der Waals surface area contributed by atoms with Crippen LogP contribution >= 0.6 is 12.6 Å². The third kappa shape index (κ3) is 4.95. The molecule has 0 radical (unpaired) electrons. The van der Waals surface area contributed by atoms with Crippen LogP contribution in [0.15, 0.2) is 59.9 Å². The maximum absolute atomic E-state index is 4.45. The molecule has 1 rings (SSSR count). The second-order valence-corrected chi connectivity index (χ2v) is 6.33. The van der Waals surface area contributed by atoms with Crippen LogP contribution in [0.5, 0.6) is 0 Å². The lowest BCUT2D eigenvalue weighted by molar-refractivity contribution is 0.421. The summed E-state index contributed by atoms with van der Waals surface area (Å²) >= 11 is 4.45. The molecule has 2 atom stereocenters. The SMILES string of the molecule is C=C(C1C=CC=CC1C(=C/CC)/C(=C\CC)CCS)N(C)C. The lowest BCUT2D eigenvalue weighted by Crippen LogP contribution is -2.25. The first-order valence-electron chi connectivity index (χ1n) is 8.28. The summed E-state index contributed by atoms with van der Waals surface area (Å²) in [5.41, 5.74) is 4.06. The van der Waals surface area contributed by atoms with Crippen LogP contribution in [0.1, 0.15) is 33.1 Å². The van der Waals surface area contributed by atoms with E-state index < -0.39 is 0 Å². The smallest absolute Gasteiger partial charge is 0.0269 e. The van der Waals surface area contributed by atoms with Crippen LogP contribution in [0.4, 0.5) is 0 Å². The van der Waals surface area contributed by atoms with Crippen molar-refractivity contribution >= 4 is 12.6 Å². The summed E-state index contributed by atoms with van der Waals surface area (Å²) in [6.45, 7) is 8.71. The van der Waals surface area contributed by atoms with Gasteiger partial charge < -0.3 is 4.90 Å². The first-order chi connectivity index (χ1) is 10.6. The summed E-state index contributed by atoms with van der Waals surface area (Å²) in [5, 5.41) is 0. The first kappa shape index (κ1) is 18.9. The summed E-state index contributed by atoms with van der Waals surface area (Å²) in [4.78, 5) is 2.13. The Morgan fingerprint density at radius 2 is 1.68 bits per heavy atom. The fourth-order valence-corrected chi connectivity index (χ4v) is 3.19. The fraction of sp³-hybridized carbons (Fsp3) is 0.500. The van der Waals surface area contributed by atoms with E-state index in [0.29, 0.717) is 11.8 Å². The van der Waals surface area contributed by atoms with Crippen LogP contribution in [-0.2, 0) is 0 Å². The summed E-state index contributed by atoms with van der Waals surface area (Å²) < 4.78 is 0. The van der Waals surface area contributed by atoms with Gasteiger partial charge in [-0.05, 0) is 36.2 Å². The molecule has 0 aromatic heterocycles. The number of rotatable bonds is 8. The number of allylic oxidation sites excluding steroid dienone is 8. The van der Waals surface area contributed by atoms with Crippen molar-refractivity contribution in [1.82, 2.24) is 4.90 Å². The highest BCUT2D eigenvalue weighted by molar-refractivity contribution is 7.80. The van der Waals surface area contributed by atoms with Crippen molar-refractivity contribution in [2.75, 3.05) is 19.8 Å². The molecule has 2 heteroatoms. The monoisotopic (exact) mass is 317 g/mol. The van der Waals surface area contributed by atoms with Gasteiger partial charge in [-0.1, -0.05) is 56.9 Å². The Bertz CT molecular complexity index is 480. The second-order valence-electron chi connectivity index (χ2n) is 5.89. The van der Waals surface area contributed by atoms with Crippen molar-refractivity contribution in [2.45, 2.75) is 33.1 Å². The minimum absolute atomic E-state index is 0.331. The molecule has 1 aliphatic rings. The number of thiol groups is 1. The Labute approximate surface area is 142 Å². The van der Waals surface area contributed by atoms with E-state index in [-0.39, 0.29) is 0 Å². The van der Waals surface area contributed by atoms with Crippen LogP contribution in [0.3, 0.4) is 0 Å². The normalized spacial score (nSPS) is 22.0. The van der Waals surface area contributed by atoms with Gasteiger partial charge in [0.1, 0.15) is 0 Å². The Kier molecular flexibility index (Phi) is 8.40. The molecule has 1 nitrogen and oxygen atoms in total. The van der Waals surface area contributed by atoms with Crippen LogP contribution in [0.25, 0.3) is 0 Å². The highest BCUT2D eigenvalue weighted by atomic mass is 32.1. The van der Waals surface area contributed by atoms with E-state index in [1.165, 1.54) is 11.1 Å². The van der Waals surface area contributed by atoms with Crippen molar-refractivity contribution in [1.29, 1.82) is 0 Å². The molecular weight excluding hydrogens is 286 g/mol. The predicted molar refractivity (Wildman–Crippen MR) is 103 cm³/mol. The van der Waals surface area contributed by atoms with E-state index in [1.807, 2.05) is 0 Å². The highest BCUT2D eigenvalue weighted by Crippen LogP contribution is 2.37. The molecule has 0 heterocycles. The Balaban J connectivity index is 3.20. The van der Waals surface area contributed by atoms with Gasteiger partial charge >= 0.3 is 0 Å². The Hall–Kier alpha value is -1.15. The average molecular weight is 318 g/mol. The molecule has 0 aromatic rings. The Morgan fingerprint density at radius 1 is 1.09 bits per heavy atom. The van der Waals surface area contributed by atoms with Crippen LogP contribution in [0, 0.1) is 11.8 Å². The minimum Gasteiger partial charge on any atom is -0.381 e. The van der Waals surface area contributed by atoms with Crippen molar-refractivity contribution < 1.29 is 0 Å². The van der Waals surface area contributed by atoms with Crippen LogP contribution in [0.2, 0.25) is 0 Å². The van der Waals surface area contributed by atoms with E-state index in [0.717, 1.165) is 30.7 Å². The van der Waals surface area contributed by atoms with Crippen molar-refractivity contribution in [3.63, 3.8) is 0 Å². The first-order valence-corrected chi connectivity index (χ1v) is 8.91. The van der Waals surface area contributed by atoms with E-state index >= 15 is 0 Å². The molecule has 0 saturated carbocycles. The summed E-state index contributed by atoms with van der Waals surface area (Å²) in [7, 11) is 4.15. The fourth-order valence-electron chi connectivity index (χ4n) is 2.95. The van der Waals surface area contributed by atoms with Gasteiger partial charge in [0.2, 0.25) is 0 Å². The molecule has 0 N–H and O–H groups in total. The van der Waals surface area contributed by atoms with Crippen LogP contribution < -0.4 is 0 Å². The minimum atomic E-state index is 0.331. The third-order valence-corrected chi connectivity index (χ3v) is 4.30. The molecule has 1 aliphatic carbocycles. The van der Waals surface area contributed by atoms with E-state index in [9.17, 15) is 0 Å². The molecular formula is C20H31NS. The summed E-state index contributed by atoms with van der Waals surface area (Å²) in [6, 6.07) is 0. The molecule has 0 fully saturated rings. The molecule has 0 spiro atoms. The topological polar surface area (TPSA) is 3.24 Å². The Morgan fingerprint density at radius 3 is 2.18 bits per heavy atom. The largest absolute Gasteiger partial charge is 0.381 e. The number of hydrogen-bond donors (Lipinski definition) is 1. The third-order valence-electron chi connectivity index (χ3n) is 4.08. The number of hydrogen-bond acceptors (Lipinski definition) is 2.